The lowest BCUT2D eigenvalue weighted by atomic mass is 10.1. The number of thiophene rings is 1. The van der Waals surface area contributed by atoms with Gasteiger partial charge in [-0.3, -0.25) is 0 Å². The molecule has 1 saturated heterocycles. The van der Waals surface area contributed by atoms with Crippen molar-refractivity contribution in [1.82, 2.24) is 9.88 Å². The molecule has 1 fully saturated rings. The molecule has 1 aliphatic heterocycles. The lowest BCUT2D eigenvalue weighted by Gasteiger charge is -2.32. The van der Waals surface area contributed by atoms with Crippen LogP contribution in [0.5, 0.6) is 0 Å². The number of anilines is 1. The monoisotopic (exact) mass is 261 g/mol. The van der Waals surface area contributed by atoms with Crippen LogP contribution < -0.4 is 5.32 Å². The number of piperidine rings is 1. The summed E-state index contributed by atoms with van der Waals surface area (Å²) >= 11 is 1.78. The molecule has 3 rings (SSSR count). The predicted molar refractivity (Wildman–Crippen MR) is 78.4 cm³/mol. The van der Waals surface area contributed by atoms with Crippen molar-refractivity contribution in [1.29, 1.82) is 0 Å². The number of likely N-dealkylation sites (tertiary alicyclic amines) is 1. The molecule has 18 heavy (non-hydrogen) atoms. The molecule has 0 amide bonds. The first-order valence-corrected chi connectivity index (χ1v) is 7.56. The molecular weight excluding hydrogens is 242 g/mol. The highest BCUT2D eigenvalue weighted by molar-refractivity contribution is 7.17. The predicted octanol–water partition coefficient (Wildman–Crippen LogP) is 3.19. The molecule has 96 valence electrons. The Morgan fingerprint density at radius 1 is 1.50 bits per heavy atom. The Morgan fingerprint density at radius 3 is 3.33 bits per heavy atom. The van der Waals surface area contributed by atoms with E-state index in [2.05, 4.69) is 39.6 Å². The molecule has 0 aliphatic carbocycles. The fourth-order valence-electron chi connectivity index (χ4n) is 2.66. The quantitative estimate of drug-likeness (QED) is 0.919. The third-order valence-electron chi connectivity index (χ3n) is 3.67. The summed E-state index contributed by atoms with van der Waals surface area (Å²) in [6.45, 7) is 5.76. The Morgan fingerprint density at radius 2 is 2.44 bits per heavy atom. The Kier molecular flexibility index (Phi) is 3.48. The van der Waals surface area contributed by atoms with Crippen LogP contribution in [0.25, 0.3) is 10.1 Å². The van der Waals surface area contributed by atoms with E-state index in [1.54, 1.807) is 11.3 Å². The van der Waals surface area contributed by atoms with Gasteiger partial charge in [0.1, 0.15) is 5.82 Å². The lowest BCUT2D eigenvalue weighted by molar-refractivity contribution is 0.226. The van der Waals surface area contributed by atoms with E-state index in [-0.39, 0.29) is 0 Å². The van der Waals surface area contributed by atoms with E-state index in [4.69, 9.17) is 0 Å². The molecule has 3 nitrogen and oxygen atoms in total. The van der Waals surface area contributed by atoms with Crippen LogP contribution in [-0.4, -0.2) is 35.6 Å². The molecule has 2 aromatic heterocycles. The zero-order valence-electron chi connectivity index (χ0n) is 10.7. The summed E-state index contributed by atoms with van der Waals surface area (Å²) in [6, 6.07) is 4.79. The fourth-order valence-corrected chi connectivity index (χ4v) is 3.45. The zero-order chi connectivity index (χ0) is 12.4. The maximum Gasteiger partial charge on any atom is 0.134 e. The second kappa shape index (κ2) is 5.24. The van der Waals surface area contributed by atoms with Crippen molar-refractivity contribution in [3.8, 4) is 0 Å². The summed E-state index contributed by atoms with van der Waals surface area (Å²) < 4.78 is 1.32. The molecule has 1 atom stereocenters. The first-order chi connectivity index (χ1) is 8.86. The Hall–Kier alpha value is -1.13. The second-order valence-electron chi connectivity index (χ2n) is 4.87. The van der Waals surface area contributed by atoms with Crippen LogP contribution in [0.2, 0.25) is 0 Å². The van der Waals surface area contributed by atoms with Crippen LogP contribution in [0.4, 0.5) is 5.82 Å². The molecule has 4 heteroatoms. The van der Waals surface area contributed by atoms with Gasteiger partial charge in [-0.15, -0.1) is 11.3 Å². The van der Waals surface area contributed by atoms with E-state index in [1.807, 2.05) is 6.20 Å². The number of nitrogens with one attached hydrogen (secondary N) is 1. The number of hydrogen-bond acceptors (Lipinski definition) is 4. The summed E-state index contributed by atoms with van der Waals surface area (Å²) in [5.41, 5.74) is 0. The summed E-state index contributed by atoms with van der Waals surface area (Å²) in [5.74, 6) is 1.05. The molecule has 0 radical (unpaired) electrons. The van der Waals surface area contributed by atoms with Crippen molar-refractivity contribution in [3.63, 3.8) is 0 Å². The van der Waals surface area contributed by atoms with Gasteiger partial charge in [-0.05, 0) is 43.4 Å². The van der Waals surface area contributed by atoms with Crippen LogP contribution in [-0.2, 0) is 0 Å². The minimum atomic E-state index is 0.539. The topological polar surface area (TPSA) is 28.2 Å². The number of likely N-dealkylation sites (N-methyl/N-ethyl adjacent to an activating group) is 1. The average Bonchev–Trinajstić information content (AvgIpc) is 2.88. The van der Waals surface area contributed by atoms with E-state index >= 15 is 0 Å². The molecule has 0 aromatic carbocycles. The average molecular weight is 261 g/mol. The fraction of sp³-hybridized carbons (Fsp3) is 0.500. The van der Waals surface area contributed by atoms with Gasteiger partial charge in [0.15, 0.2) is 0 Å². The van der Waals surface area contributed by atoms with E-state index in [0.29, 0.717) is 6.04 Å². The number of fused-ring (bicyclic) bond motifs is 1. The highest BCUT2D eigenvalue weighted by Crippen LogP contribution is 2.27. The molecule has 0 saturated carbocycles. The van der Waals surface area contributed by atoms with Crippen molar-refractivity contribution in [2.24, 2.45) is 0 Å². The van der Waals surface area contributed by atoms with Crippen LogP contribution >= 0.6 is 11.3 Å². The summed E-state index contributed by atoms with van der Waals surface area (Å²) in [7, 11) is 0. The zero-order valence-corrected chi connectivity index (χ0v) is 11.5. The van der Waals surface area contributed by atoms with Crippen molar-refractivity contribution >= 4 is 27.2 Å². The standard InChI is InChI=1S/C14H19N3S/c1-2-17-8-3-4-11(10-17)16-14-12-6-9-18-13(12)5-7-15-14/h5-7,9,11H,2-4,8,10H2,1H3,(H,15,16). The lowest BCUT2D eigenvalue weighted by Crippen LogP contribution is -2.41. The minimum absolute atomic E-state index is 0.539. The number of pyridine rings is 1. The van der Waals surface area contributed by atoms with Crippen molar-refractivity contribution in [2.75, 3.05) is 25.0 Å². The largest absolute Gasteiger partial charge is 0.366 e. The molecule has 2 aromatic rings. The van der Waals surface area contributed by atoms with Gasteiger partial charge in [-0.1, -0.05) is 6.92 Å². The Labute approximate surface area is 112 Å². The maximum atomic E-state index is 4.50. The van der Waals surface area contributed by atoms with Crippen LogP contribution in [0.1, 0.15) is 19.8 Å². The van der Waals surface area contributed by atoms with Gasteiger partial charge in [-0.25, -0.2) is 4.98 Å². The molecule has 3 heterocycles. The highest BCUT2D eigenvalue weighted by atomic mass is 32.1. The summed E-state index contributed by atoms with van der Waals surface area (Å²) in [5, 5.41) is 7.02. The van der Waals surface area contributed by atoms with Crippen LogP contribution in [0.3, 0.4) is 0 Å². The van der Waals surface area contributed by atoms with Crippen molar-refractivity contribution in [3.05, 3.63) is 23.7 Å². The molecule has 1 aliphatic rings. The summed E-state index contributed by atoms with van der Waals surface area (Å²) in [6.07, 6.45) is 4.44. The van der Waals surface area contributed by atoms with Gasteiger partial charge in [0.2, 0.25) is 0 Å². The molecule has 0 bridgehead atoms. The second-order valence-corrected chi connectivity index (χ2v) is 5.82. The maximum absolute atomic E-state index is 4.50. The normalized spacial score (nSPS) is 21.3. The van der Waals surface area contributed by atoms with E-state index in [9.17, 15) is 0 Å². The SMILES string of the molecule is CCN1CCCC(Nc2nccc3sccc23)C1. The van der Waals surface area contributed by atoms with Crippen molar-refractivity contribution < 1.29 is 0 Å². The number of aromatic nitrogens is 1. The van der Waals surface area contributed by atoms with E-state index < -0.39 is 0 Å². The molecule has 0 spiro atoms. The molecule has 1 N–H and O–H groups in total. The minimum Gasteiger partial charge on any atom is -0.366 e. The summed E-state index contributed by atoms with van der Waals surface area (Å²) in [4.78, 5) is 7.01. The van der Waals surface area contributed by atoms with Gasteiger partial charge in [0, 0.05) is 28.9 Å². The van der Waals surface area contributed by atoms with Gasteiger partial charge >= 0.3 is 0 Å². The smallest absolute Gasteiger partial charge is 0.134 e. The third kappa shape index (κ3) is 2.35. The number of rotatable bonds is 3. The first-order valence-electron chi connectivity index (χ1n) is 6.68. The van der Waals surface area contributed by atoms with Crippen molar-refractivity contribution in [2.45, 2.75) is 25.8 Å². The Balaban J connectivity index is 1.77. The van der Waals surface area contributed by atoms with Gasteiger partial charge in [0.25, 0.3) is 0 Å². The van der Waals surface area contributed by atoms with Gasteiger partial charge < -0.3 is 10.2 Å². The third-order valence-corrected chi connectivity index (χ3v) is 4.56. The highest BCUT2D eigenvalue weighted by Gasteiger charge is 2.19. The molecule has 1 unspecified atom stereocenters. The first kappa shape index (κ1) is 11.9. The van der Waals surface area contributed by atoms with E-state index in [1.165, 1.54) is 29.5 Å². The van der Waals surface area contributed by atoms with Crippen LogP contribution in [0, 0.1) is 0 Å². The Bertz CT molecular complexity index is 522. The molecular formula is C14H19N3S. The van der Waals surface area contributed by atoms with Gasteiger partial charge in [0.05, 0.1) is 0 Å². The van der Waals surface area contributed by atoms with Gasteiger partial charge in [-0.2, -0.15) is 0 Å². The van der Waals surface area contributed by atoms with E-state index in [0.717, 1.165) is 18.9 Å². The van der Waals surface area contributed by atoms with Crippen LogP contribution in [0.15, 0.2) is 23.7 Å². The number of hydrogen-bond donors (Lipinski definition) is 1. The number of nitrogens with zero attached hydrogens (tertiary/aromatic N) is 2.